The van der Waals surface area contributed by atoms with E-state index in [-0.39, 0.29) is 135 Å². The summed E-state index contributed by atoms with van der Waals surface area (Å²) in [7, 11) is -8.00. The summed E-state index contributed by atoms with van der Waals surface area (Å²) in [4.78, 5) is 60.4. The average Bonchev–Trinajstić information content (AvgIpc) is 1.62. The van der Waals surface area contributed by atoms with Gasteiger partial charge in [-0.25, -0.2) is 82.7 Å². The summed E-state index contributed by atoms with van der Waals surface area (Å²) in [5, 5.41) is 20.5. The Bertz CT molecular complexity index is 5350. The van der Waals surface area contributed by atoms with Gasteiger partial charge in [-0.15, -0.1) is 0 Å². The third-order valence-corrected chi connectivity index (χ3v) is 17.0. The molecule has 9 rings (SSSR count). The Labute approximate surface area is 668 Å². The molecule has 6 aromatic heterocycles. The summed E-state index contributed by atoms with van der Waals surface area (Å²) in [6, 6.07) is 6.32. The van der Waals surface area contributed by atoms with Crippen LogP contribution >= 0.6 is 34.8 Å². The molecule has 39 heteroatoms. The number of nitrogens with one attached hydrogen (secondary N) is 6. The number of aryl methyl sites for hydroxylation is 3. The number of rotatable bonds is 27. The Hall–Kier alpha value is -9.75. The maximum absolute atomic E-state index is 15.7. The number of ether oxygens (including phenoxy) is 3. The second-order valence-electron chi connectivity index (χ2n) is 24.2. The number of benzene rings is 3. The van der Waals surface area contributed by atoms with Gasteiger partial charge in [0.1, 0.15) is 34.6 Å². The van der Waals surface area contributed by atoms with Crippen LogP contribution < -0.4 is 30.1 Å². The van der Waals surface area contributed by atoms with Crippen molar-refractivity contribution in [2.75, 3.05) is 54.3 Å². The van der Waals surface area contributed by atoms with Crippen molar-refractivity contribution in [3.63, 3.8) is 0 Å². The molecule has 0 bridgehead atoms. The van der Waals surface area contributed by atoms with E-state index in [0.29, 0.717) is 22.5 Å². The predicted molar refractivity (Wildman–Crippen MR) is 421 cm³/mol. The second kappa shape index (κ2) is 39.7. The van der Waals surface area contributed by atoms with Gasteiger partial charge in [0, 0.05) is 153 Å². The molecule has 0 saturated carbocycles. The summed E-state index contributed by atoms with van der Waals surface area (Å²) in [6.45, 7) is 10.1. The fourth-order valence-corrected chi connectivity index (χ4v) is 11.9. The summed E-state index contributed by atoms with van der Waals surface area (Å²) < 4.78 is 223. The Morgan fingerprint density at radius 1 is 0.473 bits per heavy atom. The number of methoxy groups -OCH3 is 3. The first-order valence-electron chi connectivity index (χ1n) is 37.1. The van der Waals surface area contributed by atoms with Gasteiger partial charge in [0.2, 0.25) is 30.1 Å². The average molecular weight is 1660 g/mol. The minimum absolute atomic E-state index is 0. The normalized spacial score (nSPS) is 14.6. The minimum Gasteiger partial charge on any atom is -0.453 e. The van der Waals surface area contributed by atoms with Crippen LogP contribution in [0.5, 0.6) is 0 Å². The van der Waals surface area contributed by atoms with Crippen LogP contribution in [-0.4, -0.2) is 161 Å². The van der Waals surface area contributed by atoms with Gasteiger partial charge in [-0.05, 0) is 136 Å². The van der Waals surface area contributed by atoms with E-state index in [1.165, 1.54) is 78.0 Å². The number of carbonyl (C=O) groups is 3. The number of carbonyl (C=O) groups excluding carboxylic acids is 3. The van der Waals surface area contributed by atoms with E-state index in [2.05, 4.69) is 84.8 Å². The van der Waals surface area contributed by atoms with E-state index >= 15 is 13.2 Å². The fraction of sp³-hybridized carbons (Fsp3) is 0.408. The Balaban J connectivity index is 0.000000318. The third-order valence-electron chi connectivity index (χ3n) is 14.5. The molecular weight excluding hydrogens is 1560 g/mol. The fourth-order valence-electron chi connectivity index (χ4n) is 9.62. The standard InChI is InChI=1S/3C23H28ClFN6O4S.2CH4/c3*1-13(2)31-12-17(18-8-9-26-20(28-18)7-6-14(3)27-23(32)35-4)22(29-31)16-10-15(24)11-19(21(16)25)30-36(5,33)34;;/h3*8-14,30H,6-7H2,1-5H3,(H,27,32);2*1H4/t3*14-;;/m000../s1/i1D3,6D2,13D;2*6D2;;/t13?,14-;2m;;. The quantitative estimate of drug-likeness (QED) is 0.0260. The maximum Gasteiger partial charge on any atom is 0.407 e. The Morgan fingerprint density at radius 2 is 0.736 bits per heavy atom. The summed E-state index contributed by atoms with van der Waals surface area (Å²) in [5.41, 5.74) is 0.0555. The topological polar surface area (TPSA) is 384 Å². The molecule has 0 radical (unpaired) electrons. The lowest BCUT2D eigenvalue weighted by atomic mass is 10.0. The van der Waals surface area contributed by atoms with E-state index in [1.54, 1.807) is 33.9 Å². The molecule has 30 nitrogen and oxygen atoms in total. The summed E-state index contributed by atoms with van der Waals surface area (Å²) >= 11 is 18.6. The highest BCUT2D eigenvalue weighted by atomic mass is 35.5. The van der Waals surface area contributed by atoms with Crippen molar-refractivity contribution in [1.29, 1.82) is 0 Å². The zero-order valence-corrected chi connectivity index (χ0v) is 65.1. The number of hydrogen-bond donors (Lipinski definition) is 6. The molecule has 0 spiro atoms. The highest BCUT2D eigenvalue weighted by Gasteiger charge is 2.28. The largest absolute Gasteiger partial charge is 0.453 e. The molecule has 0 aliphatic rings. The zero-order chi connectivity index (χ0) is 88.7. The van der Waals surface area contributed by atoms with Crippen molar-refractivity contribution in [2.45, 2.75) is 152 Å². The van der Waals surface area contributed by atoms with Crippen LogP contribution in [0.4, 0.5) is 44.6 Å². The SMILES string of the molecule is C.C.[2H]C([2H])(Cc1nccc(-c2cn(C(C)C)nc2-c2cc(Cl)cc(NS(C)(=O)=O)c2F)n1)[C@H](C)NC(=O)OC.[2H]C([2H])(Cc1nccc(-c2cn(C(C)C)nc2-c2cc(Cl)cc(NS(C)(=O)=O)c2F)n1)[C@H](C)NC(=O)OC.[2H]C([2H])(Cc1nccc(-c2cn(C([2H])(C)C([2H])([2H])[2H])nc2-c2cc(Cl)cc(NS(C)(=O)=O)c2F)n1)[C@H](C)NC(=O)OC. The number of aromatic nitrogens is 12. The van der Waals surface area contributed by atoms with Crippen LogP contribution in [0.15, 0.2) is 91.8 Å². The van der Waals surface area contributed by atoms with Gasteiger partial charge in [0.25, 0.3) is 0 Å². The highest BCUT2D eigenvalue weighted by molar-refractivity contribution is 7.92. The van der Waals surface area contributed by atoms with Crippen molar-refractivity contribution >= 4 is 100 Å². The van der Waals surface area contributed by atoms with E-state index in [9.17, 15) is 39.6 Å². The van der Waals surface area contributed by atoms with Gasteiger partial charge >= 0.3 is 18.3 Å². The molecule has 4 atom stereocenters. The molecule has 3 aromatic carbocycles. The van der Waals surface area contributed by atoms with Crippen molar-refractivity contribution < 1.29 is 80.7 Å². The molecule has 0 aliphatic carbocycles. The van der Waals surface area contributed by atoms with E-state index in [1.807, 2.05) is 32.4 Å². The van der Waals surface area contributed by atoms with Gasteiger partial charge in [0.15, 0.2) is 17.5 Å². The van der Waals surface area contributed by atoms with Crippen LogP contribution in [0.1, 0.15) is 145 Å². The van der Waals surface area contributed by atoms with Crippen LogP contribution in [-0.2, 0) is 63.5 Å². The number of halogens is 6. The van der Waals surface area contributed by atoms with Crippen LogP contribution in [0.2, 0.25) is 15.1 Å². The Morgan fingerprint density at radius 3 is 0.982 bits per heavy atom. The summed E-state index contributed by atoms with van der Waals surface area (Å²) in [5.74, 6) is -2.57. The van der Waals surface area contributed by atoms with Crippen LogP contribution in [0.3, 0.4) is 0 Å². The summed E-state index contributed by atoms with van der Waals surface area (Å²) in [6.07, 6.45) is 2.13. The van der Waals surface area contributed by atoms with E-state index in [4.69, 9.17) is 48.5 Å². The molecular formula is C71H92Cl3F3N18O12S3. The molecule has 0 saturated heterocycles. The second-order valence-corrected chi connectivity index (χ2v) is 30.8. The van der Waals surface area contributed by atoms with Gasteiger partial charge < -0.3 is 30.2 Å². The molecule has 110 heavy (non-hydrogen) atoms. The molecule has 6 heterocycles. The number of amides is 3. The maximum atomic E-state index is 15.7. The van der Waals surface area contributed by atoms with Crippen LogP contribution in [0, 0.1) is 17.5 Å². The van der Waals surface area contributed by atoms with Gasteiger partial charge in [-0.1, -0.05) is 49.7 Å². The lowest BCUT2D eigenvalue weighted by molar-refractivity contribution is 0.166. The lowest BCUT2D eigenvalue weighted by Gasteiger charge is -2.12. The van der Waals surface area contributed by atoms with E-state index in [0.717, 1.165) is 61.7 Å². The molecule has 0 aliphatic heterocycles. The van der Waals surface area contributed by atoms with Crippen molar-refractivity contribution in [1.82, 2.24) is 75.2 Å². The molecule has 1 unspecified atom stereocenters. The smallest absolute Gasteiger partial charge is 0.407 e. The van der Waals surface area contributed by atoms with Gasteiger partial charge in [-0.2, -0.15) is 15.3 Å². The van der Waals surface area contributed by atoms with Crippen molar-refractivity contribution in [3.8, 4) is 67.5 Å². The zero-order valence-electron chi connectivity index (χ0n) is 70.4. The first kappa shape index (κ1) is 75.7. The minimum atomic E-state index is -3.92. The number of anilines is 3. The van der Waals surface area contributed by atoms with Crippen molar-refractivity contribution in [2.24, 2.45) is 0 Å². The third kappa shape index (κ3) is 26.2. The first-order chi connectivity index (χ1) is 54.4. The number of hydrogen-bond acceptors (Lipinski definition) is 21. The first-order valence-corrected chi connectivity index (χ1v) is 38.9. The predicted octanol–water partition coefficient (Wildman–Crippen LogP) is 14.6. The monoisotopic (exact) mass is 1660 g/mol. The van der Waals surface area contributed by atoms with Crippen molar-refractivity contribution in [3.05, 3.63) is 142 Å². The number of nitrogens with zero attached hydrogens (tertiary/aromatic N) is 12. The van der Waals surface area contributed by atoms with Gasteiger partial charge in [0.05, 0.1) is 75.6 Å². The Kier molecular flexibility index (Phi) is 27.3. The molecule has 9 aromatic rings. The molecule has 0 fully saturated rings. The number of alkyl carbamates (subject to hydrolysis) is 3. The van der Waals surface area contributed by atoms with E-state index < -0.39 is 122 Å². The highest BCUT2D eigenvalue weighted by Crippen LogP contribution is 2.41. The lowest BCUT2D eigenvalue weighted by Crippen LogP contribution is -2.32. The van der Waals surface area contributed by atoms with Crippen LogP contribution in [0.25, 0.3) is 67.5 Å². The molecule has 3 amide bonds. The molecule has 598 valence electrons. The number of sulfonamides is 3. The molecule has 6 N–H and O–H groups in total. The van der Waals surface area contributed by atoms with Gasteiger partial charge in [-0.3, -0.25) is 28.2 Å².